The summed E-state index contributed by atoms with van der Waals surface area (Å²) in [5.41, 5.74) is -0.534. The summed E-state index contributed by atoms with van der Waals surface area (Å²) in [6.45, 7) is 11.7. The Labute approximate surface area is 129 Å². The van der Waals surface area contributed by atoms with Crippen LogP contribution in [0.1, 0.15) is 67.2 Å². The number of carbonyl (C=O) groups is 2. The number of hydrogen-bond acceptors (Lipinski definition) is 3. The van der Waals surface area contributed by atoms with Gasteiger partial charge in [-0.25, -0.2) is 4.79 Å². The Morgan fingerprint density at radius 1 is 1.29 bits per heavy atom. The molecule has 1 rings (SSSR count). The van der Waals surface area contributed by atoms with Crippen LogP contribution in [0.2, 0.25) is 0 Å². The van der Waals surface area contributed by atoms with Crippen molar-refractivity contribution in [2.45, 2.75) is 78.9 Å². The van der Waals surface area contributed by atoms with E-state index >= 15 is 0 Å². The molecule has 0 aliphatic heterocycles. The van der Waals surface area contributed by atoms with Crippen molar-refractivity contribution in [3.8, 4) is 0 Å². The van der Waals surface area contributed by atoms with Crippen LogP contribution in [0.25, 0.3) is 0 Å². The van der Waals surface area contributed by atoms with E-state index in [4.69, 9.17) is 4.74 Å². The first-order valence-electron chi connectivity index (χ1n) is 8.19. The average molecular weight is 297 g/mol. The third-order valence-corrected chi connectivity index (χ3v) is 4.37. The minimum atomic E-state index is -0.547. The first kappa shape index (κ1) is 18.0. The second-order valence-electron chi connectivity index (χ2n) is 7.42. The van der Waals surface area contributed by atoms with E-state index in [-0.39, 0.29) is 23.7 Å². The maximum atomic E-state index is 12.4. The van der Waals surface area contributed by atoms with Gasteiger partial charge >= 0.3 is 5.97 Å². The number of carbonyl (C=O) groups excluding carboxylic acids is 2. The first-order chi connectivity index (χ1) is 9.65. The highest BCUT2D eigenvalue weighted by Crippen LogP contribution is 2.31. The molecule has 0 bridgehead atoms. The third-order valence-electron chi connectivity index (χ3n) is 4.37. The Balaban J connectivity index is 2.74. The maximum absolute atomic E-state index is 12.4. The summed E-state index contributed by atoms with van der Waals surface area (Å²) in [4.78, 5) is 24.8. The molecule has 0 radical (unpaired) electrons. The normalized spacial score (nSPS) is 25.2. The highest BCUT2D eigenvalue weighted by molar-refractivity contribution is 5.86. The molecule has 0 heterocycles. The Hall–Kier alpha value is -1.06. The Morgan fingerprint density at radius 2 is 1.90 bits per heavy atom. The molecule has 4 heteroatoms. The quantitative estimate of drug-likeness (QED) is 0.792. The minimum absolute atomic E-state index is 0.0103. The molecule has 1 fully saturated rings. The molecule has 21 heavy (non-hydrogen) atoms. The van der Waals surface area contributed by atoms with Gasteiger partial charge in [-0.1, -0.05) is 33.6 Å². The van der Waals surface area contributed by atoms with Crippen LogP contribution in [-0.4, -0.2) is 23.5 Å². The monoisotopic (exact) mass is 297 g/mol. The Morgan fingerprint density at radius 3 is 2.33 bits per heavy atom. The van der Waals surface area contributed by atoms with Crippen LogP contribution in [-0.2, 0) is 14.3 Å². The lowest BCUT2D eigenvalue weighted by Crippen LogP contribution is -2.49. The van der Waals surface area contributed by atoms with Crippen molar-refractivity contribution in [3.05, 3.63) is 0 Å². The third kappa shape index (κ3) is 5.33. The molecular formula is C17H31NO3. The summed E-state index contributed by atoms with van der Waals surface area (Å²) in [7, 11) is 0. The van der Waals surface area contributed by atoms with Crippen LogP contribution in [0, 0.1) is 17.8 Å². The molecule has 1 N–H and O–H groups in total. The zero-order valence-corrected chi connectivity index (χ0v) is 14.4. The number of esters is 1. The van der Waals surface area contributed by atoms with Crippen LogP contribution in [0.4, 0.5) is 0 Å². The van der Waals surface area contributed by atoms with E-state index in [2.05, 4.69) is 12.2 Å². The van der Waals surface area contributed by atoms with E-state index in [9.17, 15) is 9.59 Å². The van der Waals surface area contributed by atoms with Crippen molar-refractivity contribution >= 4 is 11.9 Å². The molecular weight excluding hydrogens is 266 g/mol. The zero-order chi connectivity index (χ0) is 16.2. The van der Waals surface area contributed by atoms with E-state index in [0.717, 1.165) is 25.7 Å². The smallest absolute Gasteiger partial charge is 0.329 e. The van der Waals surface area contributed by atoms with E-state index in [1.165, 1.54) is 0 Å². The summed E-state index contributed by atoms with van der Waals surface area (Å²) < 4.78 is 5.46. The summed E-state index contributed by atoms with van der Waals surface area (Å²) in [6.07, 6.45) is 3.94. The standard InChI is InChI=1S/C17H31NO3/c1-7-11(2)14(16(20)21-17(4,5)6)18-15(19)13-10-8-9-12(13)3/h11-14H,7-10H2,1-6H3,(H,18,19)/t11-,12?,13?,14-/m0/s1. The zero-order valence-electron chi connectivity index (χ0n) is 14.4. The van der Waals surface area contributed by atoms with Gasteiger partial charge in [-0.05, 0) is 45.4 Å². The lowest BCUT2D eigenvalue weighted by molar-refractivity contribution is -0.160. The van der Waals surface area contributed by atoms with E-state index < -0.39 is 11.6 Å². The summed E-state index contributed by atoms with van der Waals surface area (Å²) >= 11 is 0. The Kier molecular flexibility index (Phi) is 6.24. The fourth-order valence-electron chi connectivity index (χ4n) is 2.83. The molecule has 4 atom stereocenters. The minimum Gasteiger partial charge on any atom is -0.458 e. The lowest BCUT2D eigenvalue weighted by atomic mass is 9.94. The molecule has 2 unspecified atom stereocenters. The number of nitrogens with one attached hydrogen (secondary N) is 1. The predicted octanol–water partition coefficient (Wildman–Crippen LogP) is 3.30. The van der Waals surface area contributed by atoms with Crippen molar-refractivity contribution < 1.29 is 14.3 Å². The molecule has 0 aromatic heterocycles. The van der Waals surface area contributed by atoms with Gasteiger partial charge in [-0.15, -0.1) is 0 Å². The van der Waals surface area contributed by atoms with Gasteiger partial charge in [0, 0.05) is 5.92 Å². The summed E-state index contributed by atoms with van der Waals surface area (Å²) in [5, 5.41) is 2.95. The molecule has 1 saturated carbocycles. The molecule has 122 valence electrons. The number of amides is 1. The number of ether oxygens (including phenoxy) is 1. The van der Waals surface area contributed by atoms with Gasteiger partial charge in [-0.3, -0.25) is 4.79 Å². The average Bonchev–Trinajstić information content (AvgIpc) is 2.78. The molecule has 1 aliphatic rings. The summed E-state index contributed by atoms with van der Waals surface area (Å²) in [6, 6.07) is -0.547. The van der Waals surface area contributed by atoms with Gasteiger partial charge in [0.15, 0.2) is 0 Å². The van der Waals surface area contributed by atoms with Crippen molar-refractivity contribution in [1.82, 2.24) is 5.32 Å². The van der Waals surface area contributed by atoms with Gasteiger partial charge in [-0.2, -0.15) is 0 Å². The highest BCUT2D eigenvalue weighted by atomic mass is 16.6. The molecule has 0 aromatic carbocycles. The van der Waals surface area contributed by atoms with Gasteiger partial charge in [0.1, 0.15) is 11.6 Å². The fourth-order valence-corrected chi connectivity index (χ4v) is 2.83. The van der Waals surface area contributed by atoms with Crippen LogP contribution in [0.5, 0.6) is 0 Å². The summed E-state index contributed by atoms with van der Waals surface area (Å²) in [5.74, 6) is 0.202. The molecule has 4 nitrogen and oxygen atoms in total. The largest absolute Gasteiger partial charge is 0.458 e. The second-order valence-corrected chi connectivity index (χ2v) is 7.42. The van der Waals surface area contributed by atoms with E-state index in [1.54, 1.807) is 0 Å². The second kappa shape index (κ2) is 7.28. The van der Waals surface area contributed by atoms with Gasteiger partial charge in [0.2, 0.25) is 5.91 Å². The van der Waals surface area contributed by atoms with Crippen LogP contribution >= 0.6 is 0 Å². The van der Waals surface area contributed by atoms with Gasteiger partial charge in [0.25, 0.3) is 0 Å². The molecule has 1 aliphatic carbocycles. The van der Waals surface area contributed by atoms with Crippen molar-refractivity contribution in [3.63, 3.8) is 0 Å². The van der Waals surface area contributed by atoms with Crippen molar-refractivity contribution in [1.29, 1.82) is 0 Å². The van der Waals surface area contributed by atoms with E-state index in [1.807, 2.05) is 34.6 Å². The SMILES string of the molecule is CC[C@H](C)[C@H](NC(=O)C1CCCC1C)C(=O)OC(C)(C)C. The van der Waals surface area contributed by atoms with Gasteiger partial charge < -0.3 is 10.1 Å². The fraction of sp³-hybridized carbons (Fsp3) is 0.882. The topological polar surface area (TPSA) is 55.4 Å². The molecule has 1 amide bonds. The van der Waals surface area contributed by atoms with Crippen molar-refractivity contribution in [2.75, 3.05) is 0 Å². The molecule has 0 aromatic rings. The first-order valence-corrected chi connectivity index (χ1v) is 8.19. The molecule has 0 spiro atoms. The lowest BCUT2D eigenvalue weighted by Gasteiger charge is -2.29. The Bertz CT molecular complexity index is 373. The van der Waals surface area contributed by atoms with Crippen LogP contribution < -0.4 is 5.32 Å². The number of rotatable bonds is 5. The highest BCUT2D eigenvalue weighted by Gasteiger charge is 2.35. The molecule has 0 saturated heterocycles. The van der Waals surface area contributed by atoms with Crippen LogP contribution in [0.3, 0.4) is 0 Å². The number of hydrogen-bond donors (Lipinski definition) is 1. The van der Waals surface area contributed by atoms with Crippen molar-refractivity contribution in [2.24, 2.45) is 17.8 Å². The van der Waals surface area contributed by atoms with E-state index in [0.29, 0.717) is 5.92 Å². The maximum Gasteiger partial charge on any atom is 0.329 e. The van der Waals surface area contributed by atoms with Crippen LogP contribution in [0.15, 0.2) is 0 Å². The predicted molar refractivity (Wildman–Crippen MR) is 83.7 cm³/mol. The van der Waals surface area contributed by atoms with Gasteiger partial charge in [0.05, 0.1) is 0 Å².